The van der Waals surface area contributed by atoms with E-state index in [1.54, 1.807) is 0 Å². The Labute approximate surface area is 104 Å². The molecule has 0 amide bonds. The first kappa shape index (κ1) is 12.4. The number of pyridine rings is 1. The van der Waals surface area contributed by atoms with E-state index in [0.29, 0.717) is 12.1 Å². The number of aryl methyl sites for hydroxylation is 1. The van der Waals surface area contributed by atoms with Gasteiger partial charge in [-0.05, 0) is 37.8 Å². The van der Waals surface area contributed by atoms with Crippen LogP contribution >= 0.6 is 0 Å². The third kappa shape index (κ3) is 3.43. The Kier molecular flexibility index (Phi) is 4.37. The Morgan fingerprint density at radius 2 is 2.41 bits per heavy atom. The molecule has 0 bridgehead atoms. The normalized spacial score (nSPS) is 24.6. The van der Waals surface area contributed by atoms with Crippen molar-refractivity contribution in [2.45, 2.75) is 51.7 Å². The Morgan fingerprint density at radius 1 is 1.53 bits per heavy atom. The molecule has 0 saturated carbocycles. The Bertz CT molecular complexity index is 352. The highest BCUT2D eigenvalue weighted by Crippen LogP contribution is 2.22. The minimum atomic E-state index is 0.434. The van der Waals surface area contributed by atoms with E-state index in [1.807, 2.05) is 18.5 Å². The maximum absolute atomic E-state index is 5.76. The lowest BCUT2D eigenvalue weighted by Crippen LogP contribution is -2.34. The molecule has 0 aliphatic carbocycles. The lowest BCUT2D eigenvalue weighted by molar-refractivity contribution is 0.00596. The fraction of sp³-hybridized carbons (Fsp3) is 0.643. The molecule has 2 rings (SSSR count). The third-order valence-electron chi connectivity index (χ3n) is 3.38. The van der Waals surface area contributed by atoms with E-state index in [0.717, 1.165) is 25.1 Å². The van der Waals surface area contributed by atoms with Gasteiger partial charge in [0.15, 0.2) is 0 Å². The number of nitrogens with one attached hydrogen (secondary N) is 1. The molecule has 1 N–H and O–H groups in total. The summed E-state index contributed by atoms with van der Waals surface area (Å²) in [6.45, 7) is 5.21. The average molecular weight is 234 g/mol. The summed E-state index contributed by atoms with van der Waals surface area (Å²) >= 11 is 0. The molecule has 3 nitrogen and oxygen atoms in total. The molecule has 2 unspecified atom stereocenters. The second kappa shape index (κ2) is 6.01. The largest absolute Gasteiger partial charge is 0.381 e. The molecule has 1 aliphatic rings. The molecule has 0 aromatic carbocycles. The molecule has 3 heteroatoms. The standard InChI is InChI=1S/C14H22N2O/c1-3-4-13-9-12(6-8-17-13)16-14-10-15-7-5-11(14)2/h5,7,10,12-13,16H,3-4,6,8-9H2,1-2H3. The molecule has 0 radical (unpaired) electrons. The van der Waals surface area contributed by atoms with Crippen molar-refractivity contribution in [1.82, 2.24) is 4.98 Å². The summed E-state index contributed by atoms with van der Waals surface area (Å²) in [5, 5.41) is 3.60. The van der Waals surface area contributed by atoms with E-state index in [4.69, 9.17) is 4.74 Å². The van der Waals surface area contributed by atoms with Gasteiger partial charge in [-0.25, -0.2) is 0 Å². The van der Waals surface area contributed by atoms with Crippen molar-refractivity contribution < 1.29 is 4.74 Å². The van der Waals surface area contributed by atoms with Crippen LogP contribution < -0.4 is 5.32 Å². The predicted molar refractivity (Wildman–Crippen MR) is 70.3 cm³/mol. The van der Waals surface area contributed by atoms with Gasteiger partial charge in [-0.15, -0.1) is 0 Å². The van der Waals surface area contributed by atoms with Gasteiger partial charge in [0.1, 0.15) is 0 Å². The zero-order chi connectivity index (χ0) is 12.1. The molecule has 1 aliphatic heterocycles. The van der Waals surface area contributed by atoms with Crippen LogP contribution in [0.15, 0.2) is 18.5 Å². The lowest BCUT2D eigenvalue weighted by atomic mass is 9.99. The van der Waals surface area contributed by atoms with Crippen molar-refractivity contribution in [1.29, 1.82) is 0 Å². The topological polar surface area (TPSA) is 34.2 Å². The van der Waals surface area contributed by atoms with E-state index in [-0.39, 0.29) is 0 Å². The van der Waals surface area contributed by atoms with E-state index in [2.05, 4.69) is 24.1 Å². The van der Waals surface area contributed by atoms with Crippen LogP contribution in [0.25, 0.3) is 0 Å². The van der Waals surface area contributed by atoms with Gasteiger partial charge in [0.25, 0.3) is 0 Å². The van der Waals surface area contributed by atoms with Crippen LogP contribution in [-0.4, -0.2) is 23.7 Å². The van der Waals surface area contributed by atoms with E-state index in [9.17, 15) is 0 Å². The Hall–Kier alpha value is -1.09. The molecule has 2 heterocycles. The van der Waals surface area contributed by atoms with Gasteiger partial charge >= 0.3 is 0 Å². The molecule has 1 aromatic rings. The minimum absolute atomic E-state index is 0.434. The molecular formula is C14H22N2O. The lowest BCUT2D eigenvalue weighted by Gasteiger charge is -2.31. The maximum atomic E-state index is 5.76. The summed E-state index contributed by atoms with van der Waals surface area (Å²) in [7, 11) is 0. The first-order chi connectivity index (χ1) is 8.29. The van der Waals surface area contributed by atoms with Gasteiger partial charge in [-0.2, -0.15) is 0 Å². The molecule has 2 atom stereocenters. The summed E-state index contributed by atoms with van der Waals surface area (Å²) in [6.07, 6.45) is 8.76. The predicted octanol–water partition coefficient (Wildman–Crippen LogP) is 3.15. The van der Waals surface area contributed by atoms with Gasteiger partial charge < -0.3 is 10.1 Å². The van der Waals surface area contributed by atoms with Crippen LogP contribution in [0.3, 0.4) is 0 Å². The van der Waals surface area contributed by atoms with Crippen LogP contribution in [-0.2, 0) is 4.74 Å². The first-order valence-corrected chi connectivity index (χ1v) is 6.58. The third-order valence-corrected chi connectivity index (χ3v) is 3.38. The van der Waals surface area contributed by atoms with Crippen molar-refractivity contribution in [2.24, 2.45) is 0 Å². The van der Waals surface area contributed by atoms with Crippen molar-refractivity contribution in [3.05, 3.63) is 24.0 Å². The van der Waals surface area contributed by atoms with Gasteiger partial charge in [0, 0.05) is 18.8 Å². The van der Waals surface area contributed by atoms with Gasteiger partial charge in [-0.1, -0.05) is 13.3 Å². The highest BCUT2D eigenvalue weighted by Gasteiger charge is 2.21. The van der Waals surface area contributed by atoms with Crippen molar-refractivity contribution in [3.8, 4) is 0 Å². The smallest absolute Gasteiger partial charge is 0.0594 e. The summed E-state index contributed by atoms with van der Waals surface area (Å²) in [6, 6.07) is 2.58. The summed E-state index contributed by atoms with van der Waals surface area (Å²) in [4.78, 5) is 4.17. The highest BCUT2D eigenvalue weighted by molar-refractivity contribution is 5.48. The van der Waals surface area contributed by atoms with E-state index in [1.165, 1.54) is 18.4 Å². The fourth-order valence-corrected chi connectivity index (χ4v) is 2.37. The van der Waals surface area contributed by atoms with Gasteiger partial charge in [0.2, 0.25) is 0 Å². The molecule has 1 aromatic heterocycles. The number of nitrogens with zero attached hydrogens (tertiary/aromatic N) is 1. The van der Waals surface area contributed by atoms with Crippen LogP contribution in [0.4, 0.5) is 5.69 Å². The Morgan fingerprint density at radius 3 is 3.18 bits per heavy atom. The minimum Gasteiger partial charge on any atom is -0.381 e. The SMILES string of the molecule is CCCC1CC(Nc2cnccc2C)CCO1. The number of hydrogen-bond donors (Lipinski definition) is 1. The highest BCUT2D eigenvalue weighted by atomic mass is 16.5. The molecule has 17 heavy (non-hydrogen) atoms. The first-order valence-electron chi connectivity index (χ1n) is 6.58. The number of ether oxygens (including phenoxy) is 1. The van der Waals surface area contributed by atoms with Crippen molar-refractivity contribution >= 4 is 5.69 Å². The Balaban J connectivity index is 1.92. The quantitative estimate of drug-likeness (QED) is 0.869. The molecule has 1 fully saturated rings. The second-order valence-corrected chi connectivity index (χ2v) is 4.84. The second-order valence-electron chi connectivity index (χ2n) is 4.84. The number of rotatable bonds is 4. The number of aromatic nitrogens is 1. The van der Waals surface area contributed by atoms with Crippen molar-refractivity contribution in [3.63, 3.8) is 0 Å². The summed E-state index contributed by atoms with van der Waals surface area (Å²) < 4.78 is 5.76. The molecule has 0 spiro atoms. The van der Waals surface area contributed by atoms with E-state index < -0.39 is 0 Å². The zero-order valence-electron chi connectivity index (χ0n) is 10.8. The maximum Gasteiger partial charge on any atom is 0.0594 e. The van der Waals surface area contributed by atoms with Crippen LogP contribution in [0.1, 0.15) is 38.2 Å². The molecule has 1 saturated heterocycles. The van der Waals surface area contributed by atoms with Crippen LogP contribution in [0.2, 0.25) is 0 Å². The number of anilines is 1. The average Bonchev–Trinajstić information content (AvgIpc) is 2.33. The molecule has 94 valence electrons. The number of hydrogen-bond acceptors (Lipinski definition) is 3. The zero-order valence-corrected chi connectivity index (χ0v) is 10.8. The fourth-order valence-electron chi connectivity index (χ4n) is 2.37. The summed E-state index contributed by atoms with van der Waals surface area (Å²) in [5.74, 6) is 0. The molecular weight excluding hydrogens is 212 g/mol. The van der Waals surface area contributed by atoms with Crippen LogP contribution in [0.5, 0.6) is 0 Å². The van der Waals surface area contributed by atoms with Crippen LogP contribution in [0, 0.1) is 6.92 Å². The van der Waals surface area contributed by atoms with Crippen molar-refractivity contribution in [2.75, 3.05) is 11.9 Å². The summed E-state index contributed by atoms with van der Waals surface area (Å²) in [5.41, 5.74) is 2.42. The monoisotopic (exact) mass is 234 g/mol. The van der Waals surface area contributed by atoms with Gasteiger partial charge in [-0.3, -0.25) is 4.98 Å². The van der Waals surface area contributed by atoms with E-state index >= 15 is 0 Å². The van der Waals surface area contributed by atoms with Gasteiger partial charge in [0.05, 0.1) is 18.0 Å².